The fraction of sp³-hybridized carbons (Fsp3) is 0.714. The van der Waals surface area contributed by atoms with Gasteiger partial charge in [-0.2, -0.15) is 0 Å². The molecule has 1 aromatic rings. The monoisotopic (exact) mass is 291 g/mol. The number of hydrogen-bond acceptors (Lipinski definition) is 4. The van der Waals surface area contributed by atoms with Gasteiger partial charge in [-0.1, -0.05) is 0 Å². The van der Waals surface area contributed by atoms with Gasteiger partial charge in [-0.25, -0.2) is 0 Å². The number of amides is 2. The molecule has 2 amide bonds. The summed E-state index contributed by atoms with van der Waals surface area (Å²) >= 11 is 0. The molecule has 2 aliphatic heterocycles. The van der Waals surface area contributed by atoms with Crippen molar-refractivity contribution in [1.29, 1.82) is 0 Å². The highest BCUT2D eigenvalue weighted by Gasteiger charge is 2.30. The molecule has 0 saturated carbocycles. The first-order valence-electron chi connectivity index (χ1n) is 7.49. The van der Waals surface area contributed by atoms with Crippen LogP contribution in [0, 0.1) is 0 Å². The Balaban J connectivity index is 1.79. The molecule has 7 heteroatoms. The van der Waals surface area contributed by atoms with Gasteiger partial charge in [0, 0.05) is 45.9 Å². The first kappa shape index (κ1) is 14.0. The lowest BCUT2D eigenvalue weighted by atomic mass is 9.97. The van der Waals surface area contributed by atoms with Gasteiger partial charge in [0.25, 0.3) is 0 Å². The van der Waals surface area contributed by atoms with Crippen molar-refractivity contribution in [3.63, 3.8) is 0 Å². The predicted molar refractivity (Wildman–Crippen MR) is 75.3 cm³/mol. The van der Waals surface area contributed by atoms with Gasteiger partial charge in [0.05, 0.1) is 6.54 Å². The number of hydrogen-bond donors (Lipinski definition) is 0. The summed E-state index contributed by atoms with van der Waals surface area (Å²) in [5.41, 5.74) is 0. The van der Waals surface area contributed by atoms with Crippen molar-refractivity contribution in [2.75, 3.05) is 19.6 Å². The Morgan fingerprint density at radius 1 is 1.05 bits per heavy atom. The molecule has 21 heavy (non-hydrogen) atoms. The van der Waals surface area contributed by atoms with Gasteiger partial charge < -0.3 is 14.4 Å². The standard InChI is InChI=1S/C14H21N5O2/c1-10(20)17-5-3-4-12(8-17)14-16-15-13-9-18(11(2)21)6-7-19(13)14/h12H,3-9H2,1-2H3/t12-/m0/s1. The second-order valence-corrected chi connectivity index (χ2v) is 5.87. The van der Waals surface area contributed by atoms with Gasteiger partial charge in [0.1, 0.15) is 5.82 Å². The molecule has 1 saturated heterocycles. The summed E-state index contributed by atoms with van der Waals surface area (Å²) in [7, 11) is 0. The van der Waals surface area contributed by atoms with Crippen LogP contribution in [0.1, 0.15) is 44.3 Å². The molecule has 3 rings (SSSR count). The number of rotatable bonds is 1. The topological polar surface area (TPSA) is 71.3 Å². The van der Waals surface area contributed by atoms with E-state index in [9.17, 15) is 9.59 Å². The number of carbonyl (C=O) groups excluding carboxylic acids is 2. The highest BCUT2D eigenvalue weighted by Crippen LogP contribution is 2.27. The Bertz CT molecular complexity index is 568. The highest BCUT2D eigenvalue weighted by atomic mass is 16.2. The van der Waals surface area contributed by atoms with Gasteiger partial charge in [-0.15, -0.1) is 10.2 Å². The smallest absolute Gasteiger partial charge is 0.219 e. The number of piperidine rings is 1. The van der Waals surface area contributed by atoms with Gasteiger partial charge in [0.2, 0.25) is 11.8 Å². The molecule has 0 unspecified atom stereocenters. The van der Waals surface area contributed by atoms with Crippen molar-refractivity contribution in [3.8, 4) is 0 Å². The molecule has 1 aromatic heterocycles. The van der Waals surface area contributed by atoms with Crippen molar-refractivity contribution < 1.29 is 9.59 Å². The third-order valence-electron chi connectivity index (χ3n) is 4.46. The maximum Gasteiger partial charge on any atom is 0.219 e. The Kier molecular flexibility index (Phi) is 3.65. The van der Waals surface area contributed by atoms with E-state index < -0.39 is 0 Å². The Morgan fingerprint density at radius 3 is 2.52 bits per heavy atom. The van der Waals surface area contributed by atoms with Crippen LogP contribution in [-0.4, -0.2) is 56.0 Å². The van der Waals surface area contributed by atoms with E-state index in [-0.39, 0.29) is 17.7 Å². The zero-order chi connectivity index (χ0) is 15.0. The summed E-state index contributed by atoms with van der Waals surface area (Å²) in [5, 5.41) is 8.60. The number of carbonyl (C=O) groups is 2. The quantitative estimate of drug-likeness (QED) is 0.749. The molecule has 0 spiro atoms. The minimum absolute atomic E-state index is 0.0752. The summed E-state index contributed by atoms with van der Waals surface area (Å²) in [6, 6.07) is 0. The van der Waals surface area contributed by atoms with Crippen molar-refractivity contribution in [2.24, 2.45) is 0 Å². The van der Waals surface area contributed by atoms with E-state index in [4.69, 9.17) is 0 Å². The SMILES string of the molecule is CC(=O)N1CCn2c(nnc2[C@H]2CCCN(C(C)=O)C2)C1. The van der Waals surface area contributed by atoms with Crippen LogP contribution in [0.5, 0.6) is 0 Å². The molecule has 0 radical (unpaired) electrons. The van der Waals surface area contributed by atoms with E-state index in [1.807, 2.05) is 4.90 Å². The van der Waals surface area contributed by atoms with Crippen LogP contribution in [0.15, 0.2) is 0 Å². The minimum atomic E-state index is 0.0752. The highest BCUT2D eigenvalue weighted by molar-refractivity contribution is 5.73. The van der Waals surface area contributed by atoms with E-state index in [2.05, 4.69) is 14.8 Å². The minimum Gasteiger partial charge on any atom is -0.342 e. The first-order chi connectivity index (χ1) is 10.1. The maximum absolute atomic E-state index is 11.6. The van der Waals surface area contributed by atoms with Crippen LogP contribution >= 0.6 is 0 Å². The molecule has 3 heterocycles. The van der Waals surface area contributed by atoms with Crippen LogP contribution in [0.4, 0.5) is 0 Å². The first-order valence-corrected chi connectivity index (χ1v) is 7.49. The molecule has 2 aliphatic rings. The molecule has 1 atom stereocenters. The molecule has 114 valence electrons. The third-order valence-corrected chi connectivity index (χ3v) is 4.46. The largest absolute Gasteiger partial charge is 0.342 e. The number of nitrogens with zero attached hydrogens (tertiary/aromatic N) is 5. The van der Waals surface area contributed by atoms with Crippen molar-refractivity contribution >= 4 is 11.8 Å². The average Bonchev–Trinajstić information content (AvgIpc) is 2.90. The van der Waals surface area contributed by atoms with Crippen LogP contribution in [0.3, 0.4) is 0 Å². The molecule has 7 nitrogen and oxygen atoms in total. The molecule has 0 aliphatic carbocycles. The van der Waals surface area contributed by atoms with E-state index in [1.54, 1.807) is 18.7 Å². The average molecular weight is 291 g/mol. The zero-order valence-corrected chi connectivity index (χ0v) is 12.6. The summed E-state index contributed by atoms with van der Waals surface area (Å²) in [6.07, 6.45) is 2.05. The van der Waals surface area contributed by atoms with Crippen molar-refractivity contribution in [2.45, 2.75) is 45.7 Å². The van der Waals surface area contributed by atoms with E-state index in [0.29, 0.717) is 13.1 Å². The zero-order valence-electron chi connectivity index (χ0n) is 12.6. The summed E-state index contributed by atoms with van der Waals surface area (Å²) < 4.78 is 2.13. The number of likely N-dealkylation sites (tertiary alicyclic amines) is 1. The summed E-state index contributed by atoms with van der Waals surface area (Å²) in [4.78, 5) is 26.7. The van der Waals surface area contributed by atoms with E-state index >= 15 is 0 Å². The summed E-state index contributed by atoms with van der Waals surface area (Å²) in [5.74, 6) is 2.28. The van der Waals surface area contributed by atoms with E-state index in [1.165, 1.54) is 0 Å². The van der Waals surface area contributed by atoms with Crippen molar-refractivity contribution in [1.82, 2.24) is 24.6 Å². The maximum atomic E-state index is 11.6. The number of aromatic nitrogens is 3. The van der Waals surface area contributed by atoms with Gasteiger partial charge in [-0.05, 0) is 12.8 Å². The normalized spacial score (nSPS) is 22.1. The Labute approximate surface area is 123 Å². The molecular weight excluding hydrogens is 270 g/mol. The lowest BCUT2D eigenvalue weighted by molar-refractivity contribution is -0.131. The van der Waals surface area contributed by atoms with Crippen LogP contribution in [-0.2, 0) is 22.7 Å². The molecule has 0 aromatic carbocycles. The fourth-order valence-electron chi connectivity index (χ4n) is 3.22. The Morgan fingerprint density at radius 2 is 1.81 bits per heavy atom. The predicted octanol–water partition coefficient (Wildman–Crippen LogP) is 0.366. The molecule has 0 bridgehead atoms. The lowest BCUT2D eigenvalue weighted by Gasteiger charge is -2.33. The molecule has 1 fully saturated rings. The van der Waals surface area contributed by atoms with Gasteiger partial charge >= 0.3 is 0 Å². The van der Waals surface area contributed by atoms with Crippen LogP contribution in [0.25, 0.3) is 0 Å². The number of fused-ring (bicyclic) bond motifs is 1. The molecule has 0 N–H and O–H groups in total. The second kappa shape index (κ2) is 5.46. The van der Waals surface area contributed by atoms with Crippen molar-refractivity contribution in [3.05, 3.63) is 11.6 Å². The summed E-state index contributed by atoms with van der Waals surface area (Å²) in [6.45, 7) is 6.75. The second-order valence-electron chi connectivity index (χ2n) is 5.87. The molecular formula is C14H21N5O2. The van der Waals surface area contributed by atoms with Crippen LogP contribution < -0.4 is 0 Å². The Hall–Kier alpha value is -1.92. The third kappa shape index (κ3) is 2.64. The van der Waals surface area contributed by atoms with Crippen LogP contribution in [0.2, 0.25) is 0 Å². The van der Waals surface area contributed by atoms with Gasteiger partial charge in [0.15, 0.2) is 5.82 Å². The van der Waals surface area contributed by atoms with E-state index in [0.717, 1.165) is 44.1 Å². The lowest BCUT2D eigenvalue weighted by Crippen LogP contribution is -2.40. The fourth-order valence-corrected chi connectivity index (χ4v) is 3.22. The van der Waals surface area contributed by atoms with Gasteiger partial charge in [-0.3, -0.25) is 9.59 Å².